The third-order valence-electron chi connectivity index (χ3n) is 4.19. The zero-order valence-corrected chi connectivity index (χ0v) is 13.2. The van der Waals surface area contributed by atoms with Gasteiger partial charge in [0.25, 0.3) is 11.5 Å². The number of hydrogen-bond donors (Lipinski definition) is 1. The molecule has 1 fully saturated rings. The van der Waals surface area contributed by atoms with E-state index in [1.807, 2.05) is 17.9 Å². The summed E-state index contributed by atoms with van der Waals surface area (Å²) in [5.41, 5.74) is 1.23. The van der Waals surface area contributed by atoms with E-state index in [9.17, 15) is 9.59 Å². The Hall–Kier alpha value is -2.44. The molecule has 0 aromatic carbocycles. The first kappa shape index (κ1) is 15.5. The summed E-state index contributed by atoms with van der Waals surface area (Å²) in [6, 6.07) is 4.90. The van der Waals surface area contributed by atoms with Crippen molar-refractivity contribution in [3.8, 4) is 0 Å². The van der Waals surface area contributed by atoms with E-state index in [1.165, 1.54) is 16.8 Å². The van der Waals surface area contributed by atoms with Crippen molar-refractivity contribution in [2.24, 2.45) is 0 Å². The number of aromatic nitrogens is 4. The Morgan fingerprint density at radius 2 is 2.26 bits per heavy atom. The van der Waals surface area contributed by atoms with Gasteiger partial charge in [-0.05, 0) is 31.4 Å². The van der Waals surface area contributed by atoms with E-state index in [4.69, 9.17) is 0 Å². The highest BCUT2D eigenvalue weighted by molar-refractivity contribution is 5.92. The van der Waals surface area contributed by atoms with Crippen LogP contribution in [0.4, 0.5) is 0 Å². The van der Waals surface area contributed by atoms with Crippen molar-refractivity contribution in [3.05, 3.63) is 46.1 Å². The minimum Gasteiger partial charge on any atom is -0.337 e. The lowest BCUT2D eigenvalue weighted by molar-refractivity contribution is 0.0697. The van der Waals surface area contributed by atoms with E-state index in [0.717, 1.165) is 31.5 Å². The molecule has 1 N–H and O–H groups in total. The van der Waals surface area contributed by atoms with Crippen LogP contribution >= 0.6 is 0 Å². The number of rotatable bonds is 4. The number of hydrogen-bond acceptors (Lipinski definition) is 4. The summed E-state index contributed by atoms with van der Waals surface area (Å²) < 4.78 is 1.36. The zero-order valence-electron chi connectivity index (χ0n) is 13.2. The van der Waals surface area contributed by atoms with Crippen LogP contribution in [0.2, 0.25) is 0 Å². The van der Waals surface area contributed by atoms with Crippen molar-refractivity contribution >= 4 is 5.91 Å². The molecule has 2 aromatic heterocycles. The Balaban J connectivity index is 1.77. The molecule has 7 nitrogen and oxygen atoms in total. The second-order valence-corrected chi connectivity index (χ2v) is 5.88. The third-order valence-corrected chi connectivity index (χ3v) is 4.19. The Morgan fingerprint density at radius 1 is 1.39 bits per heavy atom. The molecule has 0 saturated carbocycles. The molecule has 3 heterocycles. The molecule has 1 aliphatic heterocycles. The van der Waals surface area contributed by atoms with E-state index < -0.39 is 0 Å². The Labute approximate surface area is 134 Å². The minimum atomic E-state index is -0.169. The van der Waals surface area contributed by atoms with Crippen LogP contribution in [0, 0.1) is 0 Å². The normalized spacial score (nSPS) is 18.1. The minimum absolute atomic E-state index is 0.112. The van der Waals surface area contributed by atoms with Crippen molar-refractivity contribution < 1.29 is 4.79 Å². The van der Waals surface area contributed by atoms with E-state index >= 15 is 0 Å². The highest BCUT2D eigenvalue weighted by atomic mass is 16.2. The molecule has 1 saturated heterocycles. The van der Waals surface area contributed by atoms with Gasteiger partial charge in [0.05, 0.1) is 0 Å². The first-order valence-corrected chi connectivity index (χ1v) is 8.05. The van der Waals surface area contributed by atoms with Crippen LogP contribution in [0.1, 0.15) is 48.3 Å². The van der Waals surface area contributed by atoms with Crippen molar-refractivity contribution in [2.75, 3.05) is 13.1 Å². The average molecular weight is 315 g/mol. The Morgan fingerprint density at radius 3 is 3.00 bits per heavy atom. The lowest BCUT2D eigenvalue weighted by Gasteiger charge is -2.32. The first-order valence-electron chi connectivity index (χ1n) is 8.05. The van der Waals surface area contributed by atoms with Crippen LogP contribution in [0.25, 0.3) is 0 Å². The standard InChI is InChI=1S/C16H21N5O2/c1-2-9-21-15(22)6-5-14(19-21)16(23)20-10-3-4-12(11-20)13-7-8-17-18-13/h5-8,12H,2-4,9-11H2,1H3,(H,17,18)/t12-/m1/s1. The zero-order chi connectivity index (χ0) is 16.2. The van der Waals surface area contributed by atoms with Gasteiger partial charge in [0.1, 0.15) is 5.69 Å². The number of carbonyl (C=O) groups is 1. The van der Waals surface area contributed by atoms with Crippen LogP contribution in [0.15, 0.2) is 29.2 Å². The predicted octanol–water partition coefficient (Wildman–Crippen LogP) is 1.40. The lowest BCUT2D eigenvalue weighted by atomic mass is 9.95. The number of H-pyrrole nitrogens is 1. The monoisotopic (exact) mass is 315 g/mol. The van der Waals surface area contributed by atoms with Crippen LogP contribution in [-0.2, 0) is 6.54 Å². The quantitative estimate of drug-likeness (QED) is 0.924. The van der Waals surface area contributed by atoms with Crippen molar-refractivity contribution in [2.45, 2.75) is 38.6 Å². The molecule has 1 aliphatic rings. The van der Waals surface area contributed by atoms with Gasteiger partial charge in [0.15, 0.2) is 0 Å². The molecule has 1 atom stereocenters. The number of aromatic amines is 1. The summed E-state index contributed by atoms with van der Waals surface area (Å²) in [5.74, 6) is 0.163. The van der Waals surface area contributed by atoms with Gasteiger partial charge in [-0.3, -0.25) is 14.7 Å². The highest BCUT2D eigenvalue weighted by Gasteiger charge is 2.27. The fourth-order valence-corrected chi connectivity index (χ4v) is 3.01. The molecule has 0 unspecified atom stereocenters. The maximum atomic E-state index is 12.7. The maximum absolute atomic E-state index is 12.7. The van der Waals surface area contributed by atoms with Gasteiger partial charge in [-0.1, -0.05) is 6.92 Å². The number of piperidine rings is 1. The highest BCUT2D eigenvalue weighted by Crippen LogP contribution is 2.25. The molecule has 122 valence electrons. The van der Waals surface area contributed by atoms with E-state index in [0.29, 0.717) is 18.8 Å². The Kier molecular flexibility index (Phi) is 4.55. The molecule has 2 aromatic rings. The SMILES string of the molecule is CCCn1nc(C(=O)N2CCC[C@@H](c3ccn[nH]3)C2)ccc1=O. The van der Waals surface area contributed by atoms with Gasteiger partial charge in [-0.2, -0.15) is 10.2 Å². The topological polar surface area (TPSA) is 83.9 Å². The summed E-state index contributed by atoms with van der Waals surface area (Å²) in [6.45, 7) is 3.87. The molecular weight excluding hydrogens is 294 g/mol. The van der Waals surface area contributed by atoms with E-state index in [2.05, 4.69) is 15.3 Å². The molecule has 23 heavy (non-hydrogen) atoms. The molecular formula is C16H21N5O2. The summed E-state index contributed by atoms with van der Waals surface area (Å²) in [6.07, 6.45) is 4.52. The van der Waals surface area contributed by atoms with Gasteiger partial charge < -0.3 is 4.90 Å². The number of amides is 1. The van der Waals surface area contributed by atoms with E-state index in [-0.39, 0.29) is 17.4 Å². The van der Waals surface area contributed by atoms with Gasteiger partial charge in [-0.25, -0.2) is 4.68 Å². The molecule has 3 rings (SSSR count). The Bertz CT molecular complexity index is 722. The molecule has 1 amide bonds. The number of nitrogens with one attached hydrogen (secondary N) is 1. The summed E-state index contributed by atoms with van der Waals surface area (Å²) in [7, 11) is 0. The molecule has 7 heteroatoms. The summed E-state index contributed by atoms with van der Waals surface area (Å²) in [4.78, 5) is 26.3. The molecule has 0 spiro atoms. The number of likely N-dealkylation sites (tertiary alicyclic amines) is 1. The van der Waals surface area contributed by atoms with Crippen LogP contribution in [0.5, 0.6) is 0 Å². The maximum Gasteiger partial charge on any atom is 0.274 e. The average Bonchev–Trinajstić information content (AvgIpc) is 3.11. The van der Waals surface area contributed by atoms with Gasteiger partial charge in [0, 0.05) is 43.5 Å². The van der Waals surface area contributed by atoms with Crippen LogP contribution in [0.3, 0.4) is 0 Å². The molecule has 0 bridgehead atoms. The number of nitrogens with zero attached hydrogens (tertiary/aromatic N) is 4. The fourth-order valence-electron chi connectivity index (χ4n) is 3.01. The molecule has 0 radical (unpaired) electrons. The number of aryl methyl sites for hydroxylation is 1. The predicted molar refractivity (Wildman–Crippen MR) is 85.3 cm³/mol. The second kappa shape index (κ2) is 6.76. The largest absolute Gasteiger partial charge is 0.337 e. The van der Waals surface area contributed by atoms with Crippen molar-refractivity contribution in [1.29, 1.82) is 0 Å². The van der Waals surface area contributed by atoms with Crippen molar-refractivity contribution in [1.82, 2.24) is 24.9 Å². The smallest absolute Gasteiger partial charge is 0.274 e. The second-order valence-electron chi connectivity index (χ2n) is 5.88. The van der Waals surface area contributed by atoms with E-state index in [1.54, 1.807) is 6.20 Å². The van der Waals surface area contributed by atoms with Crippen LogP contribution in [-0.4, -0.2) is 43.9 Å². The van der Waals surface area contributed by atoms with Crippen molar-refractivity contribution in [3.63, 3.8) is 0 Å². The third kappa shape index (κ3) is 3.33. The van der Waals surface area contributed by atoms with Gasteiger partial charge in [-0.15, -0.1) is 0 Å². The first-order chi connectivity index (χ1) is 11.2. The van der Waals surface area contributed by atoms with Gasteiger partial charge >= 0.3 is 0 Å². The fraction of sp³-hybridized carbons (Fsp3) is 0.500. The van der Waals surface area contributed by atoms with Gasteiger partial charge in [0.2, 0.25) is 0 Å². The molecule has 0 aliphatic carbocycles. The summed E-state index contributed by atoms with van der Waals surface area (Å²) in [5, 5.41) is 11.2. The lowest BCUT2D eigenvalue weighted by Crippen LogP contribution is -2.40. The van der Waals surface area contributed by atoms with Crippen LogP contribution < -0.4 is 5.56 Å². The number of carbonyl (C=O) groups excluding carboxylic acids is 1. The summed E-state index contributed by atoms with van der Waals surface area (Å²) >= 11 is 0.